The summed E-state index contributed by atoms with van der Waals surface area (Å²) in [7, 11) is 0. The molecule has 0 aliphatic carbocycles. The predicted molar refractivity (Wildman–Crippen MR) is 70.5 cm³/mol. The molecule has 0 unspecified atom stereocenters. The average molecular weight is 237 g/mol. The number of pyridine rings is 1. The van der Waals surface area contributed by atoms with Crippen LogP contribution in [0.5, 0.6) is 0 Å². The molecule has 0 radical (unpaired) electrons. The zero-order chi connectivity index (χ0) is 12.5. The van der Waals surface area contributed by atoms with Gasteiger partial charge < -0.3 is 0 Å². The molecule has 0 saturated carbocycles. The van der Waals surface area contributed by atoms with Crippen LogP contribution in [0.2, 0.25) is 0 Å². The third-order valence-corrected chi connectivity index (χ3v) is 2.86. The number of benzene rings is 1. The van der Waals surface area contributed by atoms with Gasteiger partial charge in [-0.1, -0.05) is 19.1 Å². The molecule has 0 aliphatic rings. The molecule has 88 valence electrons. The fraction of sp³-hybridized carbons (Fsp3) is 0.143. The SMILES string of the molecule is CCc1ccc2nc(=O)c3ccccc3nc2n1. The van der Waals surface area contributed by atoms with E-state index in [1.54, 1.807) is 18.2 Å². The van der Waals surface area contributed by atoms with E-state index in [0.29, 0.717) is 22.1 Å². The molecule has 4 nitrogen and oxygen atoms in total. The molecular weight excluding hydrogens is 226 g/mol. The molecule has 0 amide bonds. The van der Waals surface area contributed by atoms with Gasteiger partial charge in [0.05, 0.1) is 10.9 Å². The van der Waals surface area contributed by atoms with Crippen LogP contribution in [0.3, 0.4) is 0 Å². The Morgan fingerprint density at radius 1 is 0.944 bits per heavy atom. The van der Waals surface area contributed by atoms with Crippen LogP contribution in [0.1, 0.15) is 12.6 Å². The van der Waals surface area contributed by atoms with Crippen molar-refractivity contribution in [1.29, 1.82) is 0 Å². The number of nitrogens with zero attached hydrogens (tertiary/aromatic N) is 3. The number of rotatable bonds is 1. The van der Waals surface area contributed by atoms with Crippen molar-refractivity contribution < 1.29 is 0 Å². The topological polar surface area (TPSA) is 55.7 Å². The highest BCUT2D eigenvalue weighted by atomic mass is 16.1. The second-order valence-electron chi connectivity index (χ2n) is 4.04. The molecule has 3 aromatic rings. The Kier molecular flexibility index (Phi) is 2.48. The van der Waals surface area contributed by atoms with E-state index in [1.807, 2.05) is 25.1 Å². The lowest BCUT2D eigenvalue weighted by Gasteiger charge is -1.95. The van der Waals surface area contributed by atoms with Gasteiger partial charge in [-0.2, -0.15) is 0 Å². The minimum absolute atomic E-state index is 0.265. The summed E-state index contributed by atoms with van der Waals surface area (Å²) in [5.41, 5.74) is 2.37. The monoisotopic (exact) mass is 237 g/mol. The number of aromatic nitrogens is 3. The van der Waals surface area contributed by atoms with E-state index in [-0.39, 0.29) is 5.56 Å². The Hall–Kier alpha value is -2.36. The van der Waals surface area contributed by atoms with Crippen LogP contribution in [0, 0.1) is 0 Å². The van der Waals surface area contributed by atoms with E-state index in [4.69, 9.17) is 0 Å². The number of hydrogen-bond donors (Lipinski definition) is 0. The number of hydrogen-bond acceptors (Lipinski definition) is 4. The maximum atomic E-state index is 12.0. The lowest BCUT2D eigenvalue weighted by Crippen LogP contribution is -2.01. The largest absolute Gasteiger partial charge is 0.279 e. The Bertz CT molecular complexity index is 799. The van der Waals surface area contributed by atoms with Crippen LogP contribution in [-0.4, -0.2) is 15.0 Å². The Morgan fingerprint density at radius 2 is 1.78 bits per heavy atom. The van der Waals surface area contributed by atoms with Crippen LogP contribution in [0.15, 0.2) is 41.2 Å². The summed E-state index contributed by atoms with van der Waals surface area (Å²) in [5, 5.41) is 0.522. The van der Waals surface area contributed by atoms with Crippen molar-refractivity contribution in [2.75, 3.05) is 0 Å². The van der Waals surface area contributed by atoms with E-state index in [1.165, 1.54) is 0 Å². The molecule has 18 heavy (non-hydrogen) atoms. The Balaban J connectivity index is 2.52. The fourth-order valence-electron chi connectivity index (χ4n) is 1.88. The maximum absolute atomic E-state index is 12.0. The van der Waals surface area contributed by atoms with Crippen LogP contribution in [0.4, 0.5) is 0 Å². The van der Waals surface area contributed by atoms with Crippen molar-refractivity contribution in [3.8, 4) is 0 Å². The van der Waals surface area contributed by atoms with Crippen LogP contribution >= 0.6 is 0 Å². The second kappa shape index (κ2) is 4.14. The van der Waals surface area contributed by atoms with Gasteiger partial charge in [-0.15, -0.1) is 0 Å². The summed E-state index contributed by atoms with van der Waals surface area (Å²) < 4.78 is 0. The molecule has 0 bridgehead atoms. The quantitative estimate of drug-likeness (QED) is 0.650. The first kappa shape index (κ1) is 10.8. The van der Waals surface area contributed by atoms with Crippen molar-refractivity contribution in [3.05, 3.63) is 52.4 Å². The van der Waals surface area contributed by atoms with Gasteiger partial charge in [0.15, 0.2) is 5.65 Å². The molecule has 0 atom stereocenters. The summed E-state index contributed by atoms with van der Waals surface area (Å²) in [6.07, 6.45) is 0.832. The molecule has 0 fully saturated rings. The van der Waals surface area contributed by atoms with Gasteiger partial charge in [0, 0.05) is 5.69 Å². The van der Waals surface area contributed by atoms with Gasteiger partial charge in [-0.05, 0) is 30.7 Å². The van der Waals surface area contributed by atoms with Gasteiger partial charge in [0.2, 0.25) is 0 Å². The number of fused-ring (bicyclic) bond motifs is 2. The highest BCUT2D eigenvalue weighted by Crippen LogP contribution is 2.10. The first-order valence-corrected chi connectivity index (χ1v) is 5.84. The normalized spacial score (nSPS) is 10.9. The van der Waals surface area contributed by atoms with Crippen LogP contribution in [-0.2, 0) is 6.42 Å². The molecule has 1 aromatic carbocycles. The predicted octanol–water partition coefficient (Wildman–Crippen LogP) is 2.10. The van der Waals surface area contributed by atoms with Crippen molar-refractivity contribution in [2.45, 2.75) is 13.3 Å². The van der Waals surface area contributed by atoms with E-state index in [2.05, 4.69) is 15.0 Å². The minimum Gasteiger partial charge on any atom is -0.267 e. The molecule has 3 rings (SSSR count). The second-order valence-corrected chi connectivity index (χ2v) is 4.04. The summed E-state index contributed by atoms with van der Waals surface area (Å²) in [5.74, 6) is 0. The van der Waals surface area contributed by atoms with Gasteiger partial charge in [0.1, 0.15) is 5.52 Å². The third-order valence-electron chi connectivity index (χ3n) is 2.86. The summed E-state index contributed by atoms with van der Waals surface area (Å²) in [6.45, 7) is 2.03. The van der Waals surface area contributed by atoms with E-state index >= 15 is 0 Å². The molecule has 0 saturated heterocycles. The summed E-state index contributed by atoms with van der Waals surface area (Å²) >= 11 is 0. The highest BCUT2D eigenvalue weighted by Gasteiger charge is 2.03. The van der Waals surface area contributed by atoms with Crippen LogP contribution < -0.4 is 5.56 Å². The van der Waals surface area contributed by atoms with Crippen molar-refractivity contribution >= 4 is 22.1 Å². The van der Waals surface area contributed by atoms with Gasteiger partial charge >= 0.3 is 0 Å². The van der Waals surface area contributed by atoms with Gasteiger partial charge in [0.25, 0.3) is 5.56 Å². The molecular formula is C14H11N3O. The molecule has 2 aromatic heterocycles. The number of aryl methyl sites for hydroxylation is 1. The lowest BCUT2D eigenvalue weighted by molar-refractivity contribution is 1.05. The van der Waals surface area contributed by atoms with Crippen LogP contribution in [0.25, 0.3) is 22.1 Å². The first-order chi connectivity index (χ1) is 8.78. The number of para-hydroxylation sites is 1. The first-order valence-electron chi connectivity index (χ1n) is 5.84. The Morgan fingerprint density at radius 3 is 2.61 bits per heavy atom. The molecule has 0 N–H and O–H groups in total. The van der Waals surface area contributed by atoms with Gasteiger partial charge in [-0.25, -0.2) is 15.0 Å². The maximum Gasteiger partial charge on any atom is 0.279 e. The minimum atomic E-state index is -0.265. The zero-order valence-corrected chi connectivity index (χ0v) is 9.92. The summed E-state index contributed by atoms with van der Waals surface area (Å²) in [6, 6.07) is 10.9. The zero-order valence-electron chi connectivity index (χ0n) is 9.92. The van der Waals surface area contributed by atoms with Gasteiger partial charge in [-0.3, -0.25) is 4.79 Å². The summed E-state index contributed by atoms with van der Waals surface area (Å²) in [4.78, 5) is 24.9. The molecule has 4 heteroatoms. The molecule has 2 heterocycles. The van der Waals surface area contributed by atoms with Crippen molar-refractivity contribution in [1.82, 2.24) is 15.0 Å². The van der Waals surface area contributed by atoms with E-state index in [9.17, 15) is 4.79 Å². The lowest BCUT2D eigenvalue weighted by atomic mass is 10.2. The highest BCUT2D eigenvalue weighted by molar-refractivity contribution is 5.82. The molecule has 0 spiro atoms. The Labute approximate surface area is 103 Å². The average Bonchev–Trinajstić information content (AvgIpc) is 2.54. The third kappa shape index (κ3) is 1.72. The standard InChI is InChI=1S/C14H11N3O/c1-2-9-7-8-12-13(15-9)16-11-6-4-3-5-10(11)14(18)17-12/h3-8H,2H2,1H3. The van der Waals surface area contributed by atoms with E-state index < -0.39 is 0 Å². The van der Waals surface area contributed by atoms with E-state index in [0.717, 1.165) is 12.1 Å². The van der Waals surface area contributed by atoms with Crippen molar-refractivity contribution in [2.24, 2.45) is 0 Å². The van der Waals surface area contributed by atoms with Crippen molar-refractivity contribution in [3.63, 3.8) is 0 Å². The molecule has 0 aliphatic heterocycles. The fourth-order valence-corrected chi connectivity index (χ4v) is 1.88. The smallest absolute Gasteiger partial charge is 0.267 e.